The van der Waals surface area contributed by atoms with Crippen LogP contribution in [0.25, 0.3) is 0 Å². The first kappa shape index (κ1) is 14.8. The molecule has 0 aliphatic heterocycles. The first-order chi connectivity index (χ1) is 6.94. The molecule has 0 aromatic rings. The SMILES string of the molecule is CCCCN(CCO)S(=O)(=O)CC(N)=S. The molecule has 0 unspecified atom stereocenters. The lowest BCUT2D eigenvalue weighted by Crippen LogP contribution is -2.39. The van der Waals surface area contributed by atoms with E-state index in [9.17, 15) is 8.42 Å². The molecule has 0 aliphatic rings. The highest BCUT2D eigenvalue weighted by molar-refractivity contribution is 7.92. The number of aliphatic hydroxyl groups excluding tert-OH is 1. The Bertz CT molecular complexity index is 290. The average molecular weight is 254 g/mol. The van der Waals surface area contributed by atoms with Crippen LogP contribution in [0, 0.1) is 0 Å². The Labute approximate surface area is 96.3 Å². The van der Waals surface area contributed by atoms with Gasteiger partial charge in [0.2, 0.25) is 10.0 Å². The number of thiocarbonyl (C=S) groups is 1. The number of aliphatic hydroxyl groups is 1. The Morgan fingerprint density at radius 1 is 1.47 bits per heavy atom. The Hall–Kier alpha value is -0.240. The summed E-state index contributed by atoms with van der Waals surface area (Å²) in [5, 5.41) is 8.76. The quantitative estimate of drug-likeness (QED) is 0.581. The number of hydrogen-bond acceptors (Lipinski definition) is 4. The van der Waals surface area contributed by atoms with Gasteiger partial charge < -0.3 is 10.8 Å². The molecule has 0 aliphatic carbocycles. The van der Waals surface area contributed by atoms with Gasteiger partial charge in [-0.15, -0.1) is 0 Å². The molecule has 0 bridgehead atoms. The zero-order valence-electron chi connectivity index (χ0n) is 8.85. The molecule has 15 heavy (non-hydrogen) atoms. The lowest BCUT2D eigenvalue weighted by molar-refractivity contribution is 0.252. The van der Waals surface area contributed by atoms with Gasteiger partial charge in [0.25, 0.3) is 0 Å². The minimum Gasteiger partial charge on any atom is -0.395 e. The van der Waals surface area contributed by atoms with Crippen LogP contribution in [0.4, 0.5) is 0 Å². The zero-order chi connectivity index (χ0) is 11.9. The van der Waals surface area contributed by atoms with Gasteiger partial charge in [0.1, 0.15) is 5.75 Å². The maximum atomic E-state index is 11.7. The maximum absolute atomic E-state index is 11.7. The summed E-state index contributed by atoms with van der Waals surface area (Å²) in [6, 6.07) is 0. The fourth-order valence-corrected chi connectivity index (χ4v) is 2.86. The van der Waals surface area contributed by atoms with Gasteiger partial charge in [-0.25, -0.2) is 8.42 Å². The van der Waals surface area contributed by atoms with Crippen LogP contribution in [0.15, 0.2) is 0 Å². The second-order valence-corrected chi connectivity index (χ2v) is 5.69. The largest absolute Gasteiger partial charge is 0.395 e. The summed E-state index contributed by atoms with van der Waals surface area (Å²) in [5.41, 5.74) is 5.20. The van der Waals surface area contributed by atoms with Crippen molar-refractivity contribution in [3.8, 4) is 0 Å². The van der Waals surface area contributed by atoms with Crippen molar-refractivity contribution in [2.75, 3.05) is 25.4 Å². The summed E-state index contributed by atoms with van der Waals surface area (Å²) < 4.78 is 24.6. The molecule has 7 heteroatoms. The molecule has 0 amide bonds. The molecule has 0 radical (unpaired) electrons. The van der Waals surface area contributed by atoms with Crippen molar-refractivity contribution in [2.45, 2.75) is 19.8 Å². The molecule has 5 nitrogen and oxygen atoms in total. The second-order valence-electron chi connectivity index (χ2n) is 3.20. The van der Waals surface area contributed by atoms with Crippen molar-refractivity contribution in [1.29, 1.82) is 0 Å². The number of unbranched alkanes of at least 4 members (excludes halogenated alkanes) is 1. The molecular formula is C8H18N2O3S2. The highest BCUT2D eigenvalue weighted by Crippen LogP contribution is 2.04. The predicted molar refractivity (Wildman–Crippen MR) is 64.1 cm³/mol. The molecule has 0 saturated carbocycles. The highest BCUT2D eigenvalue weighted by atomic mass is 32.2. The topological polar surface area (TPSA) is 83.6 Å². The summed E-state index contributed by atoms with van der Waals surface area (Å²) >= 11 is 4.57. The third kappa shape index (κ3) is 6.03. The third-order valence-corrected chi connectivity index (χ3v) is 3.98. The summed E-state index contributed by atoms with van der Waals surface area (Å²) in [7, 11) is -3.45. The van der Waals surface area contributed by atoms with Crippen LogP contribution in [0.5, 0.6) is 0 Å². The molecule has 0 saturated heterocycles. The smallest absolute Gasteiger partial charge is 0.220 e. The van der Waals surface area contributed by atoms with Gasteiger partial charge in [-0.05, 0) is 6.42 Å². The summed E-state index contributed by atoms with van der Waals surface area (Å²) in [5.74, 6) is -0.327. The van der Waals surface area contributed by atoms with E-state index in [1.54, 1.807) is 0 Å². The minimum atomic E-state index is -3.45. The van der Waals surface area contributed by atoms with E-state index >= 15 is 0 Å². The Kier molecular flexibility index (Phi) is 6.99. The standard InChI is InChI=1S/C8H18N2O3S2/c1-2-3-4-10(5-6-11)15(12,13)7-8(9)14/h11H,2-7H2,1H3,(H2,9,14). The van der Waals surface area contributed by atoms with Gasteiger partial charge in [0, 0.05) is 13.1 Å². The van der Waals surface area contributed by atoms with Crippen molar-refractivity contribution < 1.29 is 13.5 Å². The van der Waals surface area contributed by atoms with E-state index in [1.165, 1.54) is 4.31 Å². The Morgan fingerprint density at radius 3 is 2.47 bits per heavy atom. The summed E-state index contributed by atoms with van der Waals surface area (Å²) in [6.07, 6.45) is 1.65. The van der Waals surface area contributed by atoms with Crippen molar-refractivity contribution in [1.82, 2.24) is 4.31 Å². The third-order valence-electron chi connectivity index (χ3n) is 1.83. The molecule has 0 fully saturated rings. The molecule has 0 aromatic heterocycles. The first-order valence-corrected chi connectivity index (χ1v) is 6.82. The number of rotatable bonds is 8. The number of sulfonamides is 1. The van der Waals surface area contributed by atoms with E-state index in [0.717, 1.165) is 12.8 Å². The van der Waals surface area contributed by atoms with Crippen LogP contribution in [0.3, 0.4) is 0 Å². The molecule has 0 spiro atoms. The van der Waals surface area contributed by atoms with Gasteiger partial charge >= 0.3 is 0 Å². The normalized spacial score (nSPS) is 11.9. The second kappa shape index (κ2) is 7.10. The first-order valence-electron chi connectivity index (χ1n) is 4.81. The van der Waals surface area contributed by atoms with E-state index in [0.29, 0.717) is 6.54 Å². The van der Waals surface area contributed by atoms with E-state index in [1.807, 2.05) is 6.92 Å². The van der Waals surface area contributed by atoms with Crippen molar-refractivity contribution >= 4 is 27.2 Å². The number of hydrogen-bond donors (Lipinski definition) is 2. The van der Waals surface area contributed by atoms with E-state index < -0.39 is 10.0 Å². The van der Waals surface area contributed by atoms with Crippen LogP contribution < -0.4 is 5.73 Å². The fourth-order valence-electron chi connectivity index (χ4n) is 1.11. The van der Waals surface area contributed by atoms with Crippen molar-refractivity contribution in [3.63, 3.8) is 0 Å². The molecule has 3 N–H and O–H groups in total. The Morgan fingerprint density at radius 2 is 2.07 bits per heavy atom. The van der Waals surface area contributed by atoms with Crippen molar-refractivity contribution in [2.24, 2.45) is 5.73 Å². The molecule has 0 rings (SSSR count). The lowest BCUT2D eigenvalue weighted by Gasteiger charge is -2.20. The number of nitrogens with two attached hydrogens (primary N) is 1. The molecular weight excluding hydrogens is 236 g/mol. The molecule has 90 valence electrons. The van der Waals surface area contributed by atoms with Crippen LogP contribution >= 0.6 is 12.2 Å². The lowest BCUT2D eigenvalue weighted by atomic mass is 10.3. The van der Waals surface area contributed by atoms with E-state index in [-0.39, 0.29) is 23.9 Å². The zero-order valence-corrected chi connectivity index (χ0v) is 10.5. The van der Waals surface area contributed by atoms with Crippen LogP contribution in [-0.2, 0) is 10.0 Å². The van der Waals surface area contributed by atoms with Crippen molar-refractivity contribution in [3.05, 3.63) is 0 Å². The van der Waals surface area contributed by atoms with Crippen LogP contribution in [0.2, 0.25) is 0 Å². The van der Waals surface area contributed by atoms with E-state index in [2.05, 4.69) is 12.2 Å². The average Bonchev–Trinajstić information content (AvgIpc) is 2.09. The Balaban J connectivity index is 4.50. The summed E-state index contributed by atoms with van der Waals surface area (Å²) in [6.45, 7) is 2.28. The van der Waals surface area contributed by atoms with Gasteiger partial charge in [-0.2, -0.15) is 4.31 Å². The monoisotopic (exact) mass is 254 g/mol. The summed E-state index contributed by atoms with van der Waals surface area (Å²) in [4.78, 5) is -0.0468. The highest BCUT2D eigenvalue weighted by Gasteiger charge is 2.21. The fraction of sp³-hybridized carbons (Fsp3) is 0.875. The van der Waals surface area contributed by atoms with Gasteiger partial charge in [0.15, 0.2) is 0 Å². The minimum absolute atomic E-state index is 0.0468. The van der Waals surface area contributed by atoms with Crippen LogP contribution in [-0.4, -0.2) is 48.3 Å². The van der Waals surface area contributed by atoms with Crippen LogP contribution in [0.1, 0.15) is 19.8 Å². The van der Waals surface area contributed by atoms with Gasteiger partial charge in [0.05, 0.1) is 11.6 Å². The molecule has 0 aromatic carbocycles. The van der Waals surface area contributed by atoms with Gasteiger partial charge in [-0.3, -0.25) is 0 Å². The number of nitrogens with zero attached hydrogens (tertiary/aromatic N) is 1. The van der Waals surface area contributed by atoms with Gasteiger partial charge in [-0.1, -0.05) is 25.6 Å². The van der Waals surface area contributed by atoms with E-state index in [4.69, 9.17) is 10.8 Å². The predicted octanol–water partition coefficient (Wildman–Crippen LogP) is -0.303. The molecule has 0 atom stereocenters. The molecule has 0 heterocycles. The maximum Gasteiger partial charge on any atom is 0.220 e.